The first-order valence-corrected chi connectivity index (χ1v) is 8.27. The van der Waals surface area contributed by atoms with E-state index in [0.717, 1.165) is 6.92 Å². The van der Waals surface area contributed by atoms with Gasteiger partial charge < -0.3 is 18.4 Å². The molecule has 0 heterocycles. The Morgan fingerprint density at radius 2 is 1.69 bits per heavy atom. The molecule has 0 spiro atoms. The molecule has 9 heteroatoms. The van der Waals surface area contributed by atoms with Gasteiger partial charge >= 0.3 is 8.80 Å². The van der Waals surface area contributed by atoms with Crippen molar-refractivity contribution in [2.24, 2.45) is 0 Å². The fourth-order valence-corrected chi connectivity index (χ4v) is 3.78. The topological polar surface area (TPSA) is 102 Å². The van der Waals surface area contributed by atoms with Crippen molar-refractivity contribution in [3.05, 3.63) is 0 Å². The zero-order chi connectivity index (χ0) is 12.8. The Morgan fingerprint density at radius 1 is 1.25 bits per heavy atom. The first kappa shape index (κ1) is 16.0. The molecule has 0 radical (unpaired) electrons. The molecule has 0 aromatic carbocycles. The van der Waals surface area contributed by atoms with Crippen LogP contribution in [0.1, 0.15) is 20.8 Å². The van der Waals surface area contributed by atoms with Crippen LogP contribution in [0.15, 0.2) is 0 Å². The van der Waals surface area contributed by atoms with Crippen LogP contribution in [0.3, 0.4) is 0 Å². The van der Waals surface area contributed by atoms with Crippen LogP contribution in [0.2, 0.25) is 0 Å². The van der Waals surface area contributed by atoms with E-state index in [0.29, 0.717) is 0 Å². The molecule has 0 aromatic heterocycles. The van der Waals surface area contributed by atoms with Crippen molar-refractivity contribution < 1.29 is 31.4 Å². The average molecular weight is 274 g/mol. The van der Waals surface area contributed by atoms with Crippen LogP contribution < -0.4 is 0 Å². The van der Waals surface area contributed by atoms with Crippen LogP contribution in [0.25, 0.3) is 0 Å². The summed E-state index contributed by atoms with van der Waals surface area (Å²) in [5.74, 6) is 0. The van der Waals surface area contributed by atoms with E-state index >= 15 is 0 Å². The summed E-state index contributed by atoms with van der Waals surface area (Å²) in [5.41, 5.74) is -1.50. The van der Waals surface area contributed by atoms with Crippen LogP contribution in [0.4, 0.5) is 0 Å². The van der Waals surface area contributed by atoms with Gasteiger partial charge in [-0.3, -0.25) is 4.55 Å². The Morgan fingerprint density at radius 3 is 1.94 bits per heavy atom. The predicted octanol–water partition coefficient (Wildman–Crippen LogP) is -0.220. The van der Waals surface area contributed by atoms with E-state index in [1.165, 1.54) is 0 Å². The second-order valence-corrected chi connectivity index (χ2v) is 7.10. The van der Waals surface area contributed by atoms with Crippen molar-refractivity contribution in [2.45, 2.75) is 26.2 Å². The molecule has 2 N–H and O–H groups in total. The largest absolute Gasteiger partial charge is 0.528 e. The molecule has 0 aliphatic rings. The fourth-order valence-electron chi connectivity index (χ4n) is 0.992. The van der Waals surface area contributed by atoms with Crippen LogP contribution in [0, 0.1) is 0 Å². The van der Waals surface area contributed by atoms with Gasteiger partial charge in [-0.25, -0.2) is 0 Å². The Balaban J connectivity index is 4.76. The van der Waals surface area contributed by atoms with Gasteiger partial charge in [-0.15, -0.1) is 0 Å². The molecule has 0 rings (SSSR count). The van der Waals surface area contributed by atoms with E-state index in [2.05, 4.69) is 0 Å². The Labute approximate surface area is 96.4 Å². The molecule has 16 heavy (non-hydrogen) atoms. The Kier molecular flexibility index (Phi) is 6.63. The molecule has 0 aromatic rings. The van der Waals surface area contributed by atoms with Gasteiger partial charge in [0.05, 0.1) is 0 Å². The fraction of sp³-hybridized carbons (Fsp3) is 1.00. The lowest BCUT2D eigenvalue weighted by atomic mass is 10.9. The van der Waals surface area contributed by atoms with Gasteiger partial charge in [0.1, 0.15) is 6.23 Å². The van der Waals surface area contributed by atoms with Crippen LogP contribution >= 0.6 is 0 Å². The summed E-state index contributed by atoms with van der Waals surface area (Å²) in [6.45, 7) is 4.90. The van der Waals surface area contributed by atoms with Gasteiger partial charge in [-0.1, -0.05) is 0 Å². The normalized spacial score (nSPS) is 15.1. The lowest BCUT2D eigenvalue weighted by molar-refractivity contribution is 0.0387. The lowest BCUT2D eigenvalue weighted by Crippen LogP contribution is -2.53. The van der Waals surface area contributed by atoms with E-state index < -0.39 is 30.6 Å². The molecule has 7 nitrogen and oxygen atoms in total. The molecule has 0 saturated carbocycles. The number of hydrogen-bond acceptors (Lipinski definition) is 6. The minimum absolute atomic E-state index is 0.213. The van der Waals surface area contributed by atoms with Crippen LogP contribution in [-0.4, -0.2) is 51.8 Å². The summed E-state index contributed by atoms with van der Waals surface area (Å²) < 4.78 is 45.7. The van der Waals surface area contributed by atoms with Crippen molar-refractivity contribution in [1.82, 2.24) is 0 Å². The maximum Gasteiger partial charge on any atom is 0.528 e. The summed E-state index contributed by atoms with van der Waals surface area (Å²) in [6.07, 6.45) is -0.547. The first-order chi connectivity index (χ1) is 7.31. The van der Waals surface area contributed by atoms with Gasteiger partial charge in [-0.05, 0) is 20.8 Å². The standard InChI is InChI=1S/C7H18O7SSi/c1-4-12-16(6-8,13-5-2)14-7(3)15(9,10)11/h7-8H,4-6H2,1-3H3,(H,9,10,11). The van der Waals surface area contributed by atoms with E-state index in [1.54, 1.807) is 13.8 Å². The molecule has 0 amide bonds. The van der Waals surface area contributed by atoms with Crippen molar-refractivity contribution in [3.8, 4) is 0 Å². The quantitative estimate of drug-likeness (QED) is 0.466. The number of aliphatic hydroxyl groups is 1. The van der Waals surface area contributed by atoms with Crippen molar-refractivity contribution in [2.75, 3.05) is 19.4 Å². The van der Waals surface area contributed by atoms with E-state index in [-0.39, 0.29) is 13.2 Å². The third kappa shape index (κ3) is 4.87. The Bertz CT molecular complexity index is 285. The third-order valence-electron chi connectivity index (χ3n) is 1.69. The van der Waals surface area contributed by atoms with E-state index in [9.17, 15) is 8.42 Å². The smallest absolute Gasteiger partial charge is 0.392 e. The van der Waals surface area contributed by atoms with Gasteiger partial charge in [0, 0.05) is 13.2 Å². The predicted molar refractivity (Wildman–Crippen MR) is 58.2 cm³/mol. The zero-order valence-electron chi connectivity index (χ0n) is 9.54. The first-order valence-electron chi connectivity index (χ1n) is 4.84. The maximum absolute atomic E-state index is 10.8. The highest BCUT2D eigenvalue weighted by Gasteiger charge is 2.44. The maximum atomic E-state index is 10.8. The molecule has 0 saturated heterocycles. The van der Waals surface area contributed by atoms with Crippen LogP contribution in [0.5, 0.6) is 0 Å². The summed E-state index contributed by atoms with van der Waals surface area (Å²) >= 11 is 0. The SMILES string of the molecule is CCO[Si](CO)(OCC)OC(C)S(=O)(=O)O. The summed E-state index contributed by atoms with van der Waals surface area (Å²) in [6, 6.07) is 0. The highest BCUT2D eigenvalue weighted by atomic mass is 32.2. The van der Waals surface area contributed by atoms with Gasteiger partial charge in [-0.2, -0.15) is 8.42 Å². The highest BCUT2D eigenvalue weighted by Crippen LogP contribution is 2.14. The molecule has 0 fully saturated rings. The minimum atomic E-state index is -4.34. The number of hydrogen-bond donors (Lipinski definition) is 2. The highest BCUT2D eigenvalue weighted by molar-refractivity contribution is 7.86. The van der Waals surface area contributed by atoms with E-state index in [4.69, 9.17) is 22.9 Å². The average Bonchev–Trinajstić information content (AvgIpc) is 2.16. The van der Waals surface area contributed by atoms with Crippen molar-refractivity contribution in [1.29, 1.82) is 0 Å². The molecule has 98 valence electrons. The Hall–Kier alpha value is -0.0331. The monoisotopic (exact) mass is 274 g/mol. The third-order valence-corrected chi connectivity index (χ3v) is 5.35. The van der Waals surface area contributed by atoms with Crippen molar-refractivity contribution in [3.63, 3.8) is 0 Å². The number of rotatable bonds is 8. The summed E-state index contributed by atoms with van der Waals surface area (Å²) in [5, 5.41) is 9.16. The molecular formula is C7H18O7SSi. The molecular weight excluding hydrogens is 256 g/mol. The van der Waals surface area contributed by atoms with Gasteiger partial charge in [0.25, 0.3) is 10.1 Å². The van der Waals surface area contributed by atoms with Gasteiger partial charge in [0.15, 0.2) is 5.44 Å². The number of aliphatic hydroxyl groups excluding tert-OH is 1. The molecule has 0 aliphatic carbocycles. The molecule has 1 unspecified atom stereocenters. The molecule has 0 aliphatic heterocycles. The second kappa shape index (κ2) is 6.64. The minimum Gasteiger partial charge on any atom is -0.392 e. The molecule has 0 bridgehead atoms. The lowest BCUT2D eigenvalue weighted by Gasteiger charge is -2.28. The van der Waals surface area contributed by atoms with Crippen LogP contribution in [-0.2, 0) is 23.4 Å². The van der Waals surface area contributed by atoms with Gasteiger partial charge in [0.2, 0.25) is 0 Å². The second-order valence-electron chi connectivity index (χ2n) is 2.91. The summed E-state index contributed by atoms with van der Waals surface area (Å²) in [4.78, 5) is 0. The van der Waals surface area contributed by atoms with E-state index in [1.807, 2.05) is 0 Å². The zero-order valence-corrected chi connectivity index (χ0v) is 11.4. The van der Waals surface area contributed by atoms with Crippen molar-refractivity contribution >= 4 is 18.9 Å². The summed E-state index contributed by atoms with van der Waals surface area (Å²) in [7, 11) is -7.77. The molecule has 1 atom stereocenters.